The molecular weight excluding hydrogens is 408 g/mol. The Bertz CT molecular complexity index is 883. The lowest BCUT2D eigenvalue weighted by Gasteiger charge is -2.37. The average molecular weight is 433 g/mol. The van der Waals surface area contributed by atoms with E-state index in [0.717, 1.165) is 18.8 Å². The quantitative estimate of drug-likeness (QED) is 0.725. The molecule has 1 spiro atoms. The van der Waals surface area contributed by atoms with Gasteiger partial charge in [-0.15, -0.1) is 11.8 Å². The van der Waals surface area contributed by atoms with Crippen LogP contribution in [0.3, 0.4) is 0 Å². The van der Waals surface area contributed by atoms with E-state index in [4.69, 9.17) is 4.74 Å². The molecule has 10 heteroatoms. The summed E-state index contributed by atoms with van der Waals surface area (Å²) in [5.74, 6) is 1.11. The minimum Gasteiger partial charge on any atom is -0.363 e. The number of hydrogen-bond acceptors (Lipinski definition) is 6. The van der Waals surface area contributed by atoms with Gasteiger partial charge in [0.25, 0.3) is 0 Å². The van der Waals surface area contributed by atoms with E-state index < -0.39 is 20.0 Å². The van der Waals surface area contributed by atoms with E-state index in [1.807, 2.05) is 0 Å². The maximum Gasteiger partial charge on any atom is 0.243 e. The molecule has 0 atom stereocenters. The topological polar surface area (TPSA) is 84.0 Å². The minimum atomic E-state index is -3.58. The second kappa shape index (κ2) is 7.22. The highest BCUT2D eigenvalue weighted by Crippen LogP contribution is 2.42. The first-order valence-corrected chi connectivity index (χ1v) is 13.2. The normalized spacial score (nSPS) is 25.7. The molecule has 150 valence electrons. The Balaban J connectivity index is 1.49. The van der Waals surface area contributed by atoms with Crippen LogP contribution in [-0.4, -0.2) is 63.8 Å². The van der Waals surface area contributed by atoms with Crippen molar-refractivity contribution in [2.75, 3.05) is 42.1 Å². The van der Waals surface area contributed by atoms with Crippen LogP contribution in [0.4, 0.5) is 5.69 Å². The number of sulfonamides is 2. The lowest BCUT2D eigenvalue weighted by molar-refractivity contribution is 0.0162. The van der Waals surface area contributed by atoms with E-state index in [1.165, 1.54) is 20.7 Å². The van der Waals surface area contributed by atoms with Crippen molar-refractivity contribution in [3.8, 4) is 0 Å². The highest BCUT2D eigenvalue weighted by Gasteiger charge is 2.42. The molecule has 27 heavy (non-hydrogen) atoms. The van der Waals surface area contributed by atoms with Crippen molar-refractivity contribution >= 4 is 37.5 Å². The Morgan fingerprint density at radius 2 is 1.74 bits per heavy atom. The molecule has 1 aromatic rings. The van der Waals surface area contributed by atoms with Gasteiger partial charge < -0.3 is 4.74 Å². The standard InChI is InChI=1S/C17H24N2O5S3/c20-26(21)14-2-1-9-19(26)15-3-5-16(6-4-15)27(22,23)18-10-7-17(8-11-18)24-12-13-25-17/h3-6H,1-2,7-14H2. The Hall–Kier alpha value is -0.810. The summed E-state index contributed by atoms with van der Waals surface area (Å²) in [5.41, 5.74) is 0.530. The molecule has 4 rings (SSSR count). The van der Waals surface area contributed by atoms with Crippen molar-refractivity contribution < 1.29 is 21.6 Å². The summed E-state index contributed by atoms with van der Waals surface area (Å²) < 4.78 is 59.1. The van der Waals surface area contributed by atoms with Gasteiger partial charge in [0.15, 0.2) is 0 Å². The van der Waals surface area contributed by atoms with Crippen molar-refractivity contribution in [2.45, 2.75) is 35.5 Å². The zero-order valence-electron chi connectivity index (χ0n) is 15.0. The third kappa shape index (κ3) is 3.74. The van der Waals surface area contributed by atoms with Gasteiger partial charge in [-0.25, -0.2) is 16.8 Å². The molecule has 3 saturated heterocycles. The Morgan fingerprint density at radius 1 is 1.04 bits per heavy atom. The zero-order valence-corrected chi connectivity index (χ0v) is 17.5. The number of piperidine rings is 1. The Labute approximate surface area is 165 Å². The van der Waals surface area contributed by atoms with Crippen LogP contribution in [0.15, 0.2) is 29.2 Å². The highest BCUT2D eigenvalue weighted by molar-refractivity contribution is 8.00. The van der Waals surface area contributed by atoms with Gasteiger partial charge in [-0.3, -0.25) is 4.31 Å². The monoisotopic (exact) mass is 432 g/mol. The van der Waals surface area contributed by atoms with Crippen LogP contribution in [0.5, 0.6) is 0 Å². The summed E-state index contributed by atoms with van der Waals surface area (Å²) in [6.45, 7) is 2.06. The van der Waals surface area contributed by atoms with Crippen molar-refractivity contribution in [3.05, 3.63) is 24.3 Å². The molecule has 0 aromatic heterocycles. The molecular formula is C17H24N2O5S3. The molecule has 0 unspecified atom stereocenters. The summed E-state index contributed by atoms with van der Waals surface area (Å²) in [6.07, 6.45) is 2.88. The maximum atomic E-state index is 13.0. The van der Waals surface area contributed by atoms with Crippen LogP contribution in [0, 0.1) is 0 Å². The number of hydrogen-bond donors (Lipinski definition) is 0. The van der Waals surface area contributed by atoms with Crippen LogP contribution < -0.4 is 4.31 Å². The van der Waals surface area contributed by atoms with Crippen LogP contribution in [0.25, 0.3) is 0 Å². The van der Waals surface area contributed by atoms with E-state index in [-0.39, 0.29) is 15.6 Å². The minimum absolute atomic E-state index is 0.142. The summed E-state index contributed by atoms with van der Waals surface area (Å²) >= 11 is 1.79. The molecule has 7 nitrogen and oxygen atoms in total. The smallest absolute Gasteiger partial charge is 0.243 e. The van der Waals surface area contributed by atoms with Crippen molar-refractivity contribution in [1.29, 1.82) is 0 Å². The molecule has 0 aliphatic carbocycles. The average Bonchev–Trinajstić information content (AvgIpc) is 3.10. The van der Waals surface area contributed by atoms with E-state index in [0.29, 0.717) is 44.6 Å². The third-order valence-electron chi connectivity index (χ3n) is 5.41. The molecule has 0 N–H and O–H groups in total. The van der Waals surface area contributed by atoms with Crippen LogP contribution in [-0.2, 0) is 24.8 Å². The zero-order chi connectivity index (χ0) is 19.1. The van der Waals surface area contributed by atoms with E-state index >= 15 is 0 Å². The lowest BCUT2D eigenvalue weighted by atomic mass is 10.1. The Morgan fingerprint density at radius 3 is 2.33 bits per heavy atom. The predicted octanol–water partition coefficient (Wildman–Crippen LogP) is 1.86. The van der Waals surface area contributed by atoms with E-state index in [1.54, 1.807) is 23.9 Å². The van der Waals surface area contributed by atoms with Crippen LogP contribution >= 0.6 is 11.8 Å². The first-order valence-electron chi connectivity index (χ1n) is 9.21. The van der Waals surface area contributed by atoms with Gasteiger partial charge in [0, 0.05) is 25.4 Å². The molecule has 1 aromatic carbocycles. The molecule has 0 saturated carbocycles. The number of ether oxygens (including phenoxy) is 1. The van der Waals surface area contributed by atoms with Crippen molar-refractivity contribution in [2.24, 2.45) is 0 Å². The van der Waals surface area contributed by atoms with E-state index in [9.17, 15) is 16.8 Å². The molecule has 0 radical (unpaired) electrons. The van der Waals surface area contributed by atoms with Crippen molar-refractivity contribution in [3.63, 3.8) is 0 Å². The fourth-order valence-electron chi connectivity index (χ4n) is 3.87. The Kier molecular flexibility index (Phi) is 5.21. The number of benzene rings is 1. The second-order valence-electron chi connectivity index (χ2n) is 7.10. The number of rotatable bonds is 3. The second-order valence-corrected chi connectivity index (χ2v) is 12.5. The number of nitrogens with zero attached hydrogens (tertiary/aromatic N) is 2. The van der Waals surface area contributed by atoms with Gasteiger partial charge in [0.1, 0.15) is 4.93 Å². The number of anilines is 1. The van der Waals surface area contributed by atoms with Crippen molar-refractivity contribution in [1.82, 2.24) is 4.31 Å². The summed E-state index contributed by atoms with van der Waals surface area (Å²) in [5, 5.41) is 0. The summed E-state index contributed by atoms with van der Waals surface area (Å²) in [4.78, 5) is -0.00464. The van der Waals surface area contributed by atoms with Crippen LogP contribution in [0.2, 0.25) is 0 Å². The largest absolute Gasteiger partial charge is 0.363 e. The fourth-order valence-corrected chi connectivity index (χ4v) is 8.12. The first kappa shape index (κ1) is 19.5. The van der Waals surface area contributed by atoms with E-state index in [2.05, 4.69) is 0 Å². The maximum absolute atomic E-state index is 13.0. The summed E-state index contributed by atoms with van der Waals surface area (Å²) in [6, 6.07) is 6.22. The molecule has 3 fully saturated rings. The van der Waals surface area contributed by atoms with Gasteiger partial charge in [-0.05, 0) is 49.9 Å². The molecule has 3 aliphatic rings. The SMILES string of the molecule is O=S1(=O)CCCCN1c1ccc(S(=O)(=O)N2CCC3(CC2)OCCS3)cc1. The summed E-state index contributed by atoms with van der Waals surface area (Å²) in [7, 11) is -6.89. The van der Waals surface area contributed by atoms with Gasteiger partial charge in [0.2, 0.25) is 20.0 Å². The highest BCUT2D eigenvalue weighted by atomic mass is 32.2. The fraction of sp³-hybridized carbons (Fsp3) is 0.647. The van der Waals surface area contributed by atoms with Crippen LogP contribution in [0.1, 0.15) is 25.7 Å². The van der Waals surface area contributed by atoms with Gasteiger partial charge in [-0.1, -0.05) is 0 Å². The lowest BCUT2D eigenvalue weighted by Crippen LogP contribution is -2.45. The molecule has 0 amide bonds. The molecule has 3 heterocycles. The number of thioether (sulfide) groups is 1. The third-order valence-corrected chi connectivity index (χ3v) is 10.6. The van der Waals surface area contributed by atoms with Gasteiger partial charge in [0.05, 0.1) is 22.9 Å². The molecule has 0 bridgehead atoms. The predicted molar refractivity (Wildman–Crippen MR) is 106 cm³/mol. The first-order chi connectivity index (χ1) is 12.8. The molecule has 3 aliphatic heterocycles. The van der Waals surface area contributed by atoms with Gasteiger partial charge in [-0.2, -0.15) is 4.31 Å². The van der Waals surface area contributed by atoms with Gasteiger partial charge >= 0.3 is 0 Å².